The van der Waals surface area contributed by atoms with E-state index in [-0.39, 0.29) is 11.9 Å². The summed E-state index contributed by atoms with van der Waals surface area (Å²) in [5.41, 5.74) is 0.945. The lowest BCUT2D eigenvalue weighted by Crippen LogP contribution is -2.49. The van der Waals surface area contributed by atoms with Crippen molar-refractivity contribution in [1.29, 1.82) is 0 Å². The Labute approximate surface area is 156 Å². The Morgan fingerprint density at radius 2 is 1.88 bits per heavy atom. The van der Waals surface area contributed by atoms with Gasteiger partial charge in [0.1, 0.15) is 0 Å². The first-order valence-corrected chi connectivity index (χ1v) is 9.56. The summed E-state index contributed by atoms with van der Waals surface area (Å²) in [5.74, 6) is 1.34. The van der Waals surface area contributed by atoms with Crippen molar-refractivity contribution in [2.24, 2.45) is 0 Å². The average molecular weight is 368 g/mol. The number of carbonyl (C=O) groups is 1. The highest BCUT2D eigenvalue weighted by Gasteiger charge is 2.28. The number of piperazine rings is 1. The van der Waals surface area contributed by atoms with Gasteiger partial charge in [-0.05, 0) is 18.4 Å². The lowest BCUT2D eigenvalue weighted by molar-refractivity contribution is 0.0556. The fraction of sp³-hybridized carbons (Fsp3) is 0.316. The predicted molar refractivity (Wildman–Crippen MR) is 99.9 cm³/mol. The van der Waals surface area contributed by atoms with E-state index in [0.29, 0.717) is 24.8 Å². The van der Waals surface area contributed by atoms with Crippen molar-refractivity contribution in [3.8, 4) is 11.4 Å². The molecule has 3 heterocycles. The maximum absolute atomic E-state index is 12.4. The Kier molecular flexibility index (Phi) is 4.81. The van der Waals surface area contributed by atoms with E-state index in [0.717, 1.165) is 23.5 Å². The second-order valence-corrected chi connectivity index (χ2v) is 7.25. The van der Waals surface area contributed by atoms with Crippen LogP contribution < -0.4 is 0 Å². The molecule has 0 bridgehead atoms. The Morgan fingerprint density at radius 1 is 1.12 bits per heavy atom. The summed E-state index contributed by atoms with van der Waals surface area (Å²) >= 11 is 1.49. The van der Waals surface area contributed by atoms with Crippen LogP contribution in [0.2, 0.25) is 0 Å². The first kappa shape index (κ1) is 16.9. The molecular weight excluding hydrogens is 348 g/mol. The van der Waals surface area contributed by atoms with Gasteiger partial charge in [0.05, 0.1) is 10.9 Å². The van der Waals surface area contributed by atoms with Crippen molar-refractivity contribution in [3.05, 3.63) is 58.6 Å². The van der Waals surface area contributed by atoms with Crippen LogP contribution in [0.25, 0.3) is 11.4 Å². The van der Waals surface area contributed by atoms with Crippen molar-refractivity contribution in [2.45, 2.75) is 13.0 Å². The van der Waals surface area contributed by atoms with Crippen LogP contribution in [0, 0.1) is 0 Å². The molecule has 1 aliphatic heterocycles. The molecule has 4 rings (SSSR count). The summed E-state index contributed by atoms with van der Waals surface area (Å²) in [7, 11) is 0. The smallest absolute Gasteiger partial charge is 0.264 e. The maximum atomic E-state index is 12.4. The monoisotopic (exact) mass is 368 g/mol. The van der Waals surface area contributed by atoms with Crippen molar-refractivity contribution in [2.75, 3.05) is 26.2 Å². The Morgan fingerprint density at radius 3 is 2.58 bits per heavy atom. The number of rotatable bonds is 4. The fourth-order valence-corrected chi connectivity index (χ4v) is 3.82. The Bertz CT molecular complexity index is 855. The van der Waals surface area contributed by atoms with Gasteiger partial charge in [-0.25, -0.2) is 0 Å². The molecule has 1 amide bonds. The summed E-state index contributed by atoms with van der Waals surface area (Å²) in [6.45, 7) is 5.07. The molecule has 7 heteroatoms. The molecular formula is C19H20N4O2S. The first-order chi connectivity index (χ1) is 12.7. The molecule has 3 aromatic rings. The molecule has 0 spiro atoms. The molecule has 1 aromatic carbocycles. The van der Waals surface area contributed by atoms with Crippen LogP contribution in [-0.2, 0) is 0 Å². The minimum atomic E-state index is 0.0268. The third-order valence-electron chi connectivity index (χ3n) is 4.71. The number of carbonyl (C=O) groups excluding carboxylic acids is 1. The van der Waals surface area contributed by atoms with Crippen molar-refractivity contribution in [3.63, 3.8) is 0 Å². The van der Waals surface area contributed by atoms with E-state index in [9.17, 15) is 4.79 Å². The van der Waals surface area contributed by atoms with Gasteiger partial charge in [0.2, 0.25) is 11.7 Å². The summed E-state index contributed by atoms with van der Waals surface area (Å²) in [6.07, 6.45) is 0. The Hall–Kier alpha value is -2.51. The van der Waals surface area contributed by atoms with Gasteiger partial charge in [0, 0.05) is 31.7 Å². The minimum Gasteiger partial charge on any atom is -0.337 e. The van der Waals surface area contributed by atoms with Gasteiger partial charge in [-0.2, -0.15) is 4.98 Å². The van der Waals surface area contributed by atoms with Crippen LogP contribution >= 0.6 is 11.3 Å². The van der Waals surface area contributed by atoms with Crippen LogP contribution in [0.5, 0.6) is 0 Å². The molecule has 134 valence electrons. The third-order valence-corrected chi connectivity index (χ3v) is 5.57. The number of amides is 1. The zero-order valence-electron chi connectivity index (χ0n) is 14.5. The molecule has 1 aliphatic rings. The van der Waals surface area contributed by atoms with Crippen LogP contribution in [-0.4, -0.2) is 52.0 Å². The zero-order chi connectivity index (χ0) is 17.9. The normalized spacial score (nSPS) is 16.6. The van der Waals surface area contributed by atoms with Gasteiger partial charge in [0.25, 0.3) is 5.91 Å². The quantitative estimate of drug-likeness (QED) is 0.707. The molecule has 6 nitrogen and oxygen atoms in total. The summed E-state index contributed by atoms with van der Waals surface area (Å²) in [4.78, 5) is 22.0. The van der Waals surface area contributed by atoms with Gasteiger partial charge in [-0.1, -0.05) is 41.6 Å². The van der Waals surface area contributed by atoms with E-state index in [1.807, 2.05) is 52.7 Å². The summed E-state index contributed by atoms with van der Waals surface area (Å²) < 4.78 is 5.49. The molecule has 0 saturated carbocycles. The number of thiophene rings is 1. The highest BCUT2D eigenvalue weighted by Crippen LogP contribution is 2.24. The van der Waals surface area contributed by atoms with Crippen LogP contribution in [0.3, 0.4) is 0 Å². The second-order valence-electron chi connectivity index (χ2n) is 6.30. The molecule has 0 N–H and O–H groups in total. The number of benzene rings is 1. The number of aromatic nitrogens is 2. The van der Waals surface area contributed by atoms with Gasteiger partial charge in [-0.3, -0.25) is 9.69 Å². The highest BCUT2D eigenvalue weighted by atomic mass is 32.1. The van der Waals surface area contributed by atoms with Gasteiger partial charge in [0.15, 0.2) is 0 Å². The second kappa shape index (κ2) is 7.39. The van der Waals surface area contributed by atoms with Crippen molar-refractivity contribution >= 4 is 17.2 Å². The number of nitrogens with zero attached hydrogens (tertiary/aromatic N) is 4. The maximum Gasteiger partial charge on any atom is 0.264 e. The largest absolute Gasteiger partial charge is 0.337 e. The van der Waals surface area contributed by atoms with Gasteiger partial charge < -0.3 is 9.42 Å². The van der Waals surface area contributed by atoms with Crippen molar-refractivity contribution in [1.82, 2.24) is 19.9 Å². The van der Waals surface area contributed by atoms with E-state index in [1.54, 1.807) is 0 Å². The lowest BCUT2D eigenvalue weighted by atomic mass is 10.2. The topological polar surface area (TPSA) is 62.5 Å². The first-order valence-electron chi connectivity index (χ1n) is 8.68. The number of hydrogen-bond acceptors (Lipinski definition) is 6. The van der Waals surface area contributed by atoms with Gasteiger partial charge in [-0.15, -0.1) is 11.3 Å². The Balaban J connectivity index is 1.39. The average Bonchev–Trinajstić information content (AvgIpc) is 3.40. The van der Waals surface area contributed by atoms with Crippen LogP contribution in [0.1, 0.15) is 28.5 Å². The highest BCUT2D eigenvalue weighted by molar-refractivity contribution is 7.12. The molecule has 26 heavy (non-hydrogen) atoms. The molecule has 1 saturated heterocycles. The molecule has 0 radical (unpaired) electrons. The zero-order valence-corrected chi connectivity index (χ0v) is 15.4. The van der Waals surface area contributed by atoms with E-state index in [1.165, 1.54) is 11.3 Å². The van der Waals surface area contributed by atoms with Crippen molar-refractivity contribution < 1.29 is 9.32 Å². The summed E-state index contributed by atoms with van der Waals surface area (Å²) in [5, 5.41) is 6.04. The fourth-order valence-electron chi connectivity index (χ4n) is 3.13. The van der Waals surface area contributed by atoms with Crippen LogP contribution in [0.4, 0.5) is 0 Å². The van der Waals surface area contributed by atoms with Gasteiger partial charge >= 0.3 is 0 Å². The minimum absolute atomic E-state index is 0.0268. The third kappa shape index (κ3) is 3.40. The molecule has 1 fully saturated rings. The predicted octanol–water partition coefficient (Wildman–Crippen LogP) is 3.32. The summed E-state index contributed by atoms with van der Waals surface area (Å²) in [6, 6.07) is 13.6. The molecule has 0 aliphatic carbocycles. The van der Waals surface area contributed by atoms with Crippen LogP contribution in [0.15, 0.2) is 52.4 Å². The lowest BCUT2D eigenvalue weighted by Gasteiger charge is -2.36. The van der Waals surface area contributed by atoms with E-state index in [2.05, 4.69) is 22.0 Å². The molecule has 2 aromatic heterocycles. The van der Waals surface area contributed by atoms with E-state index >= 15 is 0 Å². The molecule has 0 unspecified atom stereocenters. The molecule has 1 atom stereocenters. The number of hydrogen-bond donors (Lipinski definition) is 0. The standard InChI is InChI=1S/C19H20N4O2S/c1-14(18-20-17(21-25-18)15-6-3-2-4-7-15)22-9-11-23(12-10-22)19(24)16-8-5-13-26-16/h2-8,13-14H,9-12H2,1H3/t14-/m0/s1. The SMILES string of the molecule is C[C@@H](c1nc(-c2ccccc2)no1)N1CCN(C(=O)c2cccs2)CC1. The van der Waals surface area contributed by atoms with E-state index in [4.69, 9.17) is 4.52 Å². The van der Waals surface area contributed by atoms with E-state index < -0.39 is 0 Å².